The summed E-state index contributed by atoms with van der Waals surface area (Å²) in [4.78, 5) is 4.97. The molecule has 1 aliphatic rings. The minimum absolute atomic E-state index is 0.200. The van der Waals surface area contributed by atoms with Gasteiger partial charge in [0.15, 0.2) is 0 Å². The first-order valence-electron chi connectivity index (χ1n) is 8.15. The van der Waals surface area contributed by atoms with Gasteiger partial charge < -0.3 is 10.6 Å². The van der Waals surface area contributed by atoms with Crippen LogP contribution in [0.5, 0.6) is 0 Å². The Morgan fingerprint density at radius 3 is 2.48 bits per heavy atom. The van der Waals surface area contributed by atoms with Crippen LogP contribution in [0.2, 0.25) is 5.02 Å². The summed E-state index contributed by atoms with van der Waals surface area (Å²) < 4.78 is 0. The zero-order chi connectivity index (χ0) is 15.2. The van der Waals surface area contributed by atoms with Crippen LogP contribution in [0.3, 0.4) is 0 Å². The van der Waals surface area contributed by atoms with E-state index in [0.717, 1.165) is 44.0 Å². The second-order valence-corrected chi connectivity index (χ2v) is 6.38. The van der Waals surface area contributed by atoms with Crippen molar-refractivity contribution in [2.45, 2.75) is 39.2 Å². The van der Waals surface area contributed by atoms with Crippen molar-refractivity contribution in [3.63, 3.8) is 0 Å². The molecule has 118 valence electrons. The molecule has 21 heavy (non-hydrogen) atoms. The van der Waals surface area contributed by atoms with Crippen molar-refractivity contribution in [2.75, 3.05) is 37.6 Å². The Hall–Kier alpha value is -0.770. The fraction of sp³-hybridized carbons (Fsp3) is 0.647. The minimum atomic E-state index is 0.200. The maximum atomic E-state index is 6.44. The average molecular weight is 310 g/mol. The highest BCUT2D eigenvalue weighted by atomic mass is 35.5. The van der Waals surface area contributed by atoms with Crippen LogP contribution in [0.25, 0.3) is 0 Å². The van der Waals surface area contributed by atoms with E-state index in [4.69, 9.17) is 17.3 Å². The third-order valence-corrected chi connectivity index (χ3v) is 4.67. The summed E-state index contributed by atoms with van der Waals surface area (Å²) in [5.74, 6) is 0. The molecule has 1 aromatic rings. The molecule has 1 aliphatic heterocycles. The SMILES string of the molecule is CCCN1CCN(c2ccc(CC(N)CC)c(Cl)c2)CC1. The number of halogens is 1. The van der Waals surface area contributed by atoms with E-state index in [0.29, 0.717) is 0 Å². The van der Waals surface area contributed by atoms with Gasteiger partial charge in [-0.2, -0.15) is 0 Å². The van der Waals surface area contributed by atoms with E-state index in [1.165, 1.54) is 24.2 Å². The van der Waals surface area contributed by atoms with Crippen LogP contribution < -0.4 is 10.6 Å². The van der Waals surface area contributed by atoms with Crippen molar-refractivity contribution in [3.05, 3.63) is 28.8 Å². The highest BCUT2D eigenvalue weighted by Crippen LogP contribution is 2.25. The number of nitrogens with two attached hydrogens (primary N) is 1. The molecule has 0 amide bonds. The molecular weight excluding hydrogens is 282 g/mol. The van der Waals surface area contributed by atoms with Crippen LogP contribution >= 0.6 is 11.6 Å². The van der Waals surface area contributed by atoms with Crippen LogP contribution in [-0.2, 0) is 6.42 Å². The molecule has 0 aromatic heterocycles. The van der Waals surface area contributed by atoms with Crippen molar-refractivity contribution < 1.29 is 0 Å². The standard InChI is InChI=1S/C17H28ClN3/c1-3-7-20-8-10-21(11-9-20)16-6-5-14(17(18)13-16)12-15(19)4-2/h5-6,13,15H,3-4,7-12,19H2,1-2H3. The third-order valence-electron chi connectivity index (χ3n) is 4.32. The Balaban J connectivity index is 1.97. The van der Waals surface area contributed by atoms with Crippen LogP contribution in [0.15, 0.2) is 18.2 Å². The zero-order valence-corrected chi connectivity index (χ0v) is 14.1. The molecule has 2 N–H and O–H groups in total. The van der Waals surface area contributed by atoms with Gasteiger partial charge in [-0.15, -0.1) is 0 Å². The lowest BCUT2D eigenvalue weighted by atomic mass is 10.0. The number of benzene rings is 1. The molecular formula is C17H28ClN3. The van der Waals surface area contributed by atoms with Gasteiger partial charge in [0, 0.05) is 42.9 Å². The number of anilines is 1. The molecule has 1 saturated heterocycles. The van der Waals surface area contributed by atoms with Crippen LogP contribution in [0.4, 0.5) is 5.69 Å². The number of piperazine rings is 1. The van der Waals surface area contributed by atoms with Gasteiger partial charge in [-0.1, -0.05) is 31.5 Å². The van der Waals surface area contributed by atoms with Crippen molar-refractivity contribution in [1.82, 2.24) is 4.90 Å². The third kappa shape index (κ3) is 4.60. The largest absolute Gasteiger partial charge is 0.369 e. The van der Waals surface area contributed by atoms with Gasteiger partial charge in [-0.25, -0.2) is 0 Å². The molecule has 0 aliphatic carbocycles. The summed E-state index contributed by atoms with van der Waals surface area (Å²) in [5, 5.41) is 0.854. The maximum absolute atomic E-state index is 6.44. The fourth-order valence-corrected chi connectivity index (χ4v) is 3.12. The Bertz CT molecular complexity index is 442. The normalized spacial score (nSPS) is 18.0. The zero-order valence-electron chi connectivity index (χ0n) is 13.3. The molecule has 4 heteroatoms. The highest BCUT2D eigenvalue weighted by Gasteiger charge is 2.17. The maximum Gasteiger partial charge on any atom is 0.0459 e. The van der Waals surface area contributed by atoms with Gasteiger partial charge in [-0.05, 0) is 43.5 Å². The van der Waals surface area contributed by atoms with Gasteiger partial charge in [0.1, 0.15) is 0 Å². The Labute approximate surface area is 134 Å². The molecule has 1 unspecified atom stereocenters. The number of hydrogen-bond acceptors (Lipinski definition) is 3. The Morgan fingerprint density at radius 1 is 1.19 bits per heavy atom. The van der Waals surface area contributed by atoms with Gasteiger partial charge in [0.2, 0.25) is 0 Å². The monoisotopic (exact) mass is 309 g/mol. The van der Waals surface area contributed by atoms with Crippen LogP contribution in [0, 0.1) is 0 Å². The van der Waals surface area contributed by atoms with Gasteiger partial charge >= 0.3 is 0 Å². The Kier molecular flexibility index (Phi) is 6.34. The van der Waals surface area contributed by atoms with Gasteiger partial charge in [0.25, 0.3) is 0 Å². The first-order valence-corrected chi connectivity index (χ1v) is 8.53. The van der Waals surface area contributed by atoms with Crippen molar-refractivity contribution in [2.24, 2.45) is 5.73 Å². The summed E-state index contributed by atoms with van der Waals surface area (Å²) in [5.41, 5.74) is 8.43. The summed E-state index contributed by atoms with van der Waals surface area (Å²) in [6, 6.07) is 6.64. The van der Waals surface area contributed by atoms with E-state index in [2.05, 4.69) is 41.8 Å². The van der Waals surface area contributed by atoms with Crippen molar-refractivity contribution >= 4 is 17.3 Å². The van der Waals surface area contributed by atoms with E-state index >= 15 is 0 Å². The molecule has 1 fully saturated rings. The van der Waals surface area contributed by atoms with Crippen molar-refractivity contribution in [3.8, 4) is 0 Å². The quantitative estimate of drug-likeness (QED) is 0.876. The molecule has 0 radical (unpaired) electrons. The van der Waals surface area contributed by atoms with E-state index in [-0.39, 0.29) is 6.04 Å². The fourth-order valence-electron chi connectivity index (χ4n) is 2.87. The van der Waals surface area contributed by atoms with E-state index < -0.39 is 0 Å². The minimum Gasteiger partial charge on any atom is -0.369 e. The molecule has 0 saturated carbocycles. The van der Waals surface area contributed by atoms with Gasteiger partial charge in [0.05, 0.1) is 0 Å². The van der Waals surface area contributed by atoms with Crippen LogP contribution in [-0.4, -0.2) is 43.7 Å². The number of hydrogen-bond donors (Lipinski definition) is 1. The molecule has 1 heterocycles. The smallest absolute Gasteiger partial charge is 0.0459 e. The second-order valence-electron chi connectivity index (χ2n) is 5.98. The summed E-state index contributed by atoms with van der Waals surface area (Å²) in [6.45, 7) is 10.0. The first kappa shape index (κ1) is 16.6. The molecule has 3 nitrogen and oxygen atoms in total. The lowest BCUT2D eigenvalue weighted by Gasteiger charge is -2.36. The lowest BCUT2D eigenvalue weighted by Crippen LogP contribution is -2.46. The molecule has 0 spiro atoms. The lowest BCUT2D eigenvalue weighted by molar-refractivity contribution is 0.258. The average Bonchev–Trinajstić information content (AvgIpc) is 2.50. The van der Waals surface area contributed by atoms with E-state index in [1.807, 2.05) is 0 Å². The summed E-state index contributed by atoms with van der Waals surface area (Å²) >= 11 is 6.44. The van der Waals surface area contributed by atoms with Crippen molar-refractivity contribution in [1.29, 1.82) is 0 Å². The number of rotatable bonds is 6. The topological polar surface area (TPSA) is 32.5 Å². The Morgan fingerprint density at radius 2 is 1.90 bits per heavy atom. The number of nitrogens with zero attached hydrogens (tertiary/aromatic N) is 2. The van der Waals surface area contributed by atoms with Gasteiger partial charge in [-0.3, -0.25) is 4.90 Å². The predicted octanol–water partition coefficient (Wildman–Crippen LogP) is 3.15. The highest BCUT2D eigenvalue weighted by molar-refractivity contribution is 6.31. The molecule has 2 rings (SSSR count). The van der Waals surface area contributed by atoms with E-state index in [1.54, 1.807) is 0 Å². The molecule has 0 bridgehead atoms. The summed E-state index contributed by atoms with van der Waals surface area (Å²) in [7, 11) is 0. The second kappa shape index (κ2) is 8.02. The summed E-state index contributed by atoms with van der Waals surface area (Å²) in [6.07, 6.45) is 3.08. The predicted molar refractivity (Wildman–Crippen MR) is 92.4 cm³/mol. The van der Waals surface area contributed by atoms with Crippen LogP contribution in [0.1, 0.15) is 32.3 Å². The first-order chi connectivity index (χ1) is 10.1. The van der Waals surface area contributed by atoms with E-state index in [9.17, 15) is 0 Å². The molecule has 1 atom stereocenters. The molecule has 1 aromatic carbocycles.